The van der Waals surface area contributed by atoms with E-state index in [1.54, 1.807) is 10.9 Å². The van der Waals surface area contributed by atoms with Crippen LogP contribution >= 0.6 is 0 Å². The lowest BCUT2D eigenvalue weighted by molar-refractivity contribution is 0.422. The fraction of sp³-hybridized carbons (Fsp3) is 0.500. The first-order chi connectivity index (χ1) is 11.1. The maximum atomic E-state index is 13.3. The van der Waals surface area contributed by atoms with Crippen molar-refractivity contribution in [3.05, 3.63) is 45.8 Å². The van der Waals surface area contributed by atoms with Gasteiger partial charge in [-0.25, -0.2) is 8.42 Å². The van der Waals surface area contributed by atoms with Crippen molar-refractivity contribution < 1.29 is 8.42 Å². The Balaban J connectivity index is 2.56. The van der Waals surface area contributed by atoms with Crippen molar-refractivity contribution in [2.45, 2.75) is 53.0 Å². The Morgan fingerprint density at radius 1 is 1.00 bits per heavy atom. The summed E-state index contributed by atoms with van der Waals surface area (Å²) in [7, 11) is -1.74. The van der Waals surface area contributed by atoms with Crippen molar-refractivity contribution in [1.82, 2.24) is 14.1 Å². The van der Waals surface area contributed by atoms with Crippen LogP contribution in [0.25, 0.3) is 0 Å². The van der Waals surface area contributed by atoms with Gasteiger partial charge in [0, 0.05) is 31.9 Å². The molecule has 0 saturated carbocycles. The van der Waals surface area contributed by atoms with Gasteiger partial charge in [0.25, 0.3) is 0 Å². The van der Waals surface area contributed by atoms with Gasteiger partial charge in [-0.15, -0.1) is 0 Å². The van der Waals surface area contributed by atoms with Crippen LogP contribution in [-0.2, 0) is 23.6 Å². The first-order valence-corrected chi connectivity index (χ1v) is 9.59. The molecule has 1 heterocycles. The van der Waals surface area contributed by atoms with E-state index in [1.165, 1.54) is 9.87 Å². The molecule has 0 amide bonds. The van der Waals surface area contributed by atoms with E-state index in [2.05, 4.69) is 5.10 Å². The third kappa shape index (κ3) is 3.13. The normalized spacial score (nSPS) is 12.2. The lowest BCUT2D eigenvalue weighted by Crippen LogP contribution is -2.32. The quantitative estimate of drug-likeness (QED) is 0.833. The second-order valence-corrected chi connectivity index (χ2v) is 8.28. The second-order valence-electron chi connectivity index (χ2n) is 6.41. The molecular formula is C18H27N3O2S. The van der Waals surface area contributed by atoms with Gasteiger partial charge in [-0.2, -0.15) is 9.40 Å². The molecule has 6 heteroatoms. The molecule has 0 N–H and O–H groups in total. The fourth-order valence-electron chi connectivity index (χ4n) is 3.11. The molecule has 2 rings (SSSR count). The molecule has 0 aliphatic heterocycles. The molecule has 5 nitrogen and oxygen atoms in total. The van der Waals surface area contributed by atoms with E-state index in [1.807, 2.05) is 54.8 Å². The van der Waals surface area contributed by atoms with E-state index in [-0.39, 0.29) is 0 Å². The zero-order valence-electron chi connectivity index (χ0n) is 15.6. The molecule has 0 aliphatic carbocycles. The summed E-state index contributed by atoms with van der Waals surface area (Å²) in [5.41, 5.74) is 5.85. The van der Waals surface area contributed by atoms with Crippen LogP contribution in [0.5, 0.6) is 0 Å². The van der Waals surface area contributed by atoms with Crippen molar-refractivity contribution in [2.24, 2.45) is 7.05 Å². The third-order valence-corrected chi connectivity index (χ3v) is 7.19. The molecule has 0 fully saturated rings. The van der Waals surface area contributed by atoms with Gasteiger partial charge in [-0.1, -0.05) is 6.92 Å². The number of benzene rings is 1. The lowest BCUT2D eigenvalue weighted by Gasteiger charge is -2.25. The van der Waals surface area contributed by atoms with Crippen LogP contribution in [0.4, 0.5) is 0 Å². The predicted molar refractivity (Wildman–Crippen MR) is 96.6 cm³/mol. The average molecular weight is 350 g/mol. The molecule has 0 saturated heterocycles. The molecule has 0 unspecified atom stereocenters. The monoisotopic (exact) mass is 349 g/mol. The van der Waals surface area contributed by atoms with E-state index >= 15 is 0 Å². The minimum absolute atomic E-state index is 0.331. The van der Waals surface area contributed by atoms with Gasteiger partial charge in [0.1, 0.15) is 0 Å². The van der Waals surface area contributed by atoms with Gasteiger partial charge in [0.15, 0.2) is 0 Å². The molecule has 0 aliphatic rings. The minimum atomic E-state index is -3.57. The topological polar surface area (TPSA) is 55.2 Å². The van der Waals surface area contributed by atoms with E-state index in [0.29, 0.717) is 18.0 Å². The molecular weight excluding hydrogens is 322 g/mol. The molecule has 0 spiro atoms. The number of rotatable bonds is 5. The minimum Gasteiger partial charge on any atom is -0.275 e. The third-order valence-electron chi connectivity index (χ3n) is 5.00. The van der Waals surface area contributed by atoms with Crippen LogP contribution in [0.15, 0.2) is 17.3 Å². The number of sulfonamides is 1. The van der Waals surface area contributed by atoms with Crippen molar-refractivity contribution in [1.29, 1.82) is 0 Å². The molecule has 0 bridgehead atoms. The van der Waals surface area contributed by atoms with Crippen molar-refractivity contribution in [3.63, 3.8) is 0 Å². The highest BCUT2D eigenvalue weighted by Gasteiger charge is 2.29. The Labute approximate surface area is 145 Å². The van der Waals surface area contributed by atoms with Crippen molar-refractivity contribution in [2.75, 3.05) is 6.54 Å². The molecule has 132 valence electrons. The standard InChI is InChI=1S/C18H27N3O2S/c1-8-21(11-17-9-19-20(7)10-17)24(22,23)18-15(5)13(3)12(2)14(4)16(18)6/h9-10H,8,11H2,1-7H3. The van der Waals surface area contributed by atoms with Crippen LogP contribution in [0.3, 0.4) is 0 Å². The number of aromatic nitrogens is 2. The molecule has 0 atom stereocenters. The van der Waals surface area contributed by atoms with Crippen LogP contribution in [-0.4, -0.2) is 29.0 Å². The highest BCUT2D eigenvalue weighted by Crippen LogP contribution is 2.32. The second kappa shape index (κ2) is 6.69. The number of hydrogen-bond acceptors (Lipinski definition) is 3. The largest absolute Gasteiger partial charge is 0.275 e. The first-order valence-electron chi connectivity index (χ1n) is 8.15. The number of hydrogen-bond donors (Lipinski definition) is 0. The molecule has 0 radical (unpaired) electrons. The Kier molecular flexibility index (Phi) is 5.20. The summed E-state index contributed by atoms with van der Waals surface area (Å²) in [6.45, 7) is 12.5. The van der Waals surface area contributed by atoms with E-state index in [4.69, 9.17) is 0 Å². The number of aryl methyl sites for hydroxylation is 1. The van der Waals surface area contributed by atoms with Gasteiger partial charge >= 0.3 is 0 Å². The molecule has 1 aromatic carbocycles. The predicted octanol–water partition coefficient (Wildman–Crippen LogP) is 3.17. The summed E-state index contributed by atoms with van der Waals surface area (Å²) in [5, 5.41) is 4.13. The highest BCUT2D eigenvalue weighted by molar-refractivity contribution is 7.89. The van der Waals surface area contributed by atoms with E-state index in [9.17, 15) is 8.42 Å². The maximum absolute atomic E-state index is 13.3. The zero-order valence-corrected chi connectivity index (χ0v) is 16.5. The average Bonchev–Trinajstić information content (AvgIpc) is 2.93. The van der Waals surface area contributed by atoms with Crippen LogP contribution < -0.4 is 0 Å². The van der Waals surface area contributed by atoms with Crippen molar-refractivity contribution >= 4 is 10.0 Å². The van der Waals surface area contributed by atoms with Crippen LogP contribution in [0.1, 0.15) is 40.3 Å². The summed E-state index contributed by atoms with van der Waals surface area (Å²) in [6, 6.07) is 0. The lowest BCUT2D eigenvalue weighted by atomic mass is 9.95. The Morgan fingerprint density at radius 3 is 1.92 bits per heavy atom. The van der Waals surface area contributed by atoms with Gasteiger partial charge < -0.3 is 0 Å². The Morgan fingerprint density at radius 2 is 1.50 bits per heavy atom. The Hall–Kier alpha value is -1.66. The van der Waals surface area contributed by atoms with E-state index in [0.717, 1.165) is 27.8 Å². The SMILES string of the molecule is CCN(Cc1cnn(C)c1)S(=O)(=O)c1c(C)c(C)c(C)c(C)c1C. The van der Waals surface area contributed by atoms with Gasteiger partial charge in [-0.3, -0.25) is 4.68 Å². The number of nitrogens with zero attached hydrogens (tertiary/aromatic N) is 3. The highest BCUT2D eigenvalue weighted by atomic mass is 32.2. The van der Waals surface area contributed by atoms with Gasteiger partial charge in [-0.05, 0) is 62.4 Å². The van der Waals surface area contributed by atoms with Crippen LogP contribution in [0, 0.1) is 34.6 Å². The van der Waals surface area contributed by atoms with Gasteiger partial charge in [0.2, 0.25) is 10.0 Å². The van der Waals surface area contributed by atoms with Crippen LogP contribution in [0.2, 0.25) is 0 Å². The maximum Gasteiger partial charge on any atom is 0.243 e. The molecule has 1 aromatic heterocycles. The first kappa shape index (κ1) is 18.7. The summed E-state index contributed by atoms with van der Waals surface area (Å²) >= 11 is 0. The molecule has 24 heavy (non-hydrogen) atoms. The zero-order chi connectivity index (χ0) is 18.2. The summed E-state index contributed by atoms with van der Waals surface area (Å²) in [4.78, 5) is 0.453. The smallest absolute Gasteiger partial charge is 0.243 e. The van der Waals surface area contributed by atoms with E-state index < -0.39 is 10.0 Å². The summed E-state index contributed by atoms with van der Waals surface area (Å²) in [6.07, 6.45) is 3.56. The van der Waals surface area contributed by atoms with Gasteiger partial charge in [0.05, 0.1) is 11.1 Å². The Bertz CT molecular complexity index is 838. The summed E-state index contributed by atoms with van der Waals surface area (Å²) < 4.78 is 29.9. The fourth-order valence-corrected chi connectivity index (χ4v) is 5.10. The van der Waals surface area contributed by atoms with Crippen molar-refractivity contribution in [3.8, 4) is 0 Å². The summed E-state index contributed by atoms with van der Waals surface area (Å²) in [5.74, 6) is 0. The molecule has 2 aromatic rings.